The van der Waals surface area contributed by atoms with Crippen LogP contribution in [-0.2, 0) is 0 Å². The van der Waals surface area contributed by atoms with Crippen LogP contribution in [0.5, 0.6) is 11.5 Å². The standard InChI is InChI=1S/C20H23Cl2N3O3/c1-27-16-9-15(10-17(11-16)28-2)23-14-4-3-7-25(12-14)20(26)24-19-8-13(21)5-6-18(19)22/h5-6,8-11,14,23H,3-4,7,12H2,1-2H3,(H,24,26). The Hall–Kier alpha value is -2.31. The van der Waals surface area contributed by atoms with Crippen molar-refractivity contribution in [2.75, 3.05) is 37.9 Å². The third-order valence-electron chi connectivity index (χ3n) is 4.60. The molecule has 1 fully saturated rings. The Balaban J connectivity index is 1.65. The number of ether oxygens (including phenoxy) is 2. The number of methoxy groups -OCH3 is 2. The zero-order valence-corrected chi connectivity index (χ0v) is 17.3. The highest BCUT2D eigenvalue weighted by molar-refractivity contribution is 6.35. The van der Waals surface area contributed by atoms with Gasteiger partial charge in [-0.15, -0.1) is 0 Å². The molecule has 28 heavy (non-hydrogen) atoms. The molecule has 1 aliphatic heterocycles. The van der Waals surface area contributed by atoms with E-state index in [0.29, 0.717) is 40.3 Å². The van der Waals surface area contributed by atoms with E-state index in [1.165, 1.54) is 0 Å². The summed E-state index contributed by atoms with van der Waals surface area (Å²) in [6.07, 6.45) is 1.86. The fraction of sp³-hybridized carbons (Fsp3) is 0.350. The van der Waals surface area contributed by atoms with Gasteiger partial charge in [-0.3, -0.25) is 0 Å². The number of rotatable bonds is 5. The number of carbonyl (C=O) groups excluding carboxylic acids is 1. The first-order valence-corrected chi connectivity index (χ1v) is 9.74. The van der Waals surface area contributed by atoms with Crippen molar-refractivity contribution in [1.29, 1.82) is 0 Å². The van der Waals surface area contributed by atoms with Gasteiger partial charge in [-0.1, -0.05) is 23.2 Å². The Morgan fingerprint density at radius 1 is 1.11 bits per heavy atom. The second-order valence-electron chi connectivity index (χ2n) is 6.59. The van der Waals surface area contributed by atoms with Gasteiger partial charge in [0.15, 0.2) is 0 Å². The van der Waals surface area contributed by atoms with Crippen LogP contribution in [0.4, 0.5) is 16.2 Å². The topological polar surface area (TPSA) is 62.8 Å². The smallest absolute Gasteiger partial charge is 0.321 e. The van der Waals surface area contributed by atoms with Gasteiger partial charge in [0.25, 0.3) is 0 Å². The van der Waals surface area contributed by atoms with Crippen molar-refractivity contribution < 1.29 is 14.3 Å². The van der Waals surface area contributed by atoms with Crippen LogP contribution in [-0.4, -0.2) is 44.3 Å². The minimum atomic E-state index is -0.195. The third-order valence-corrected chi connectivity index (χ3v) is 5.17. The lowest BCUT2D eigenvalue weighted by atomic mass is 10.1. The summed E-state index contributed by atoms with van der Waals surface area (Å²) in [5.41, 5.74) is 1.40. The van der Waals surface area contributed by atoms with Gasteiger partial charge in [0, 0.05) is 48.0 Å². The number of hydrogen-bond donors (Lipinski definition) is 2. The third kappa shape index (κ3) is 5.14. The summed E-state index contributed by atoms with van der Waals surface area (Å²) < 4.78 is 10.6. The maximum atomic E-state index is 12.7. The molecule has 0 bridgehead atoms. The van der Waals surface area contributed by atoms with Crippen molar-refractivity contribution in [1.82, 2.24) is 4.90 Å². The van der Waals surface area contributed by atoms with Gasteiger partial charge in [-0.2, -0.15) is 0 Å². The molecule has 0 saturated carbocycles. The summed E-state index contributed by atoms with van der Waals surface area (Å²) in [6, 6.07) is 10.6. The van der Waals surface area contributed by atoms with E-state index in [0.717, 1.165) is 18.5 Å². The molecule has 150 valence electrons. The molecule has 1 atom stereocenters. The second-order valence-corrected chi connectivity index (χ2v) is 7.43. The molecule has 2 N–H and O–H groups in total. The number of hydrogen-bond acceptors (Lipinski definition) is 4. The van der Waals surface area contributed by atoms with Crippen LogP contribution in [0.2, 0.25) is 10.0 Å². The van der Waals surface area contributed by atoms with Crippen LogP contribution < -0.4 is 20.1 Å². The lowest BCUT2D eigenvalue weighted by Gasteiger charge is -2.34. The first kappa shape index (κ1) is 20.4. The number of nitrogens with one attached hydrogen (secondary N) is 2. The molecule has 1 heterocycles. The van der Waals surface area contributed by atoms with E-state index in [2.05, 4.69) is 10.6 Å². The Bertz CT molecular complexity index is 825. The van der Waals surface area contributed by atoms with E-state index in [-0.39, 0.29) is 12.1 Å². The second kappa shape index (κ2) is 9.26. The molecular weight excluding hydrogens is 401 g/mol. The number of halogens is 2. The minimum absolute atomic E-state index is 0.117. The Morgan fingerprint density at radius 3 is 2.50 bits per heavy atom. The number of piperidine rings is 1. The minimum Gasteiger partial charge on any atom is -0.497 e. The summed E-state index contributed by atoms with van der Waals surface area (Å²) in [5.74, 6) is 1.42. The molecule has 6 nitrogen and oxygen atoms in total. The Labute approximate surface area is 174 Å². The molecule has 0 aromatic heterocycles. The first-order chi connectivity index (χ1) is 13.5. The van der Waals surface area contributed by atoms with Gasteiger partial charge in [-0.25, -0.2) is 4.79 Å². The fourth-order valence-corrected chi connectivity index (χ4v) is 3.53. The van der Waals surface area contributed by atoms with Crippen LogP contribution >= 0.6 is 23.2 Å². The predicted molar refractivity (Wildman–Crippen MR) is 113 cm³/mol. The highest BCUT2D eigenvalue weighted by Crippen LogP contribution is 2.28. The van der Waals surface area contributed by atoms with Crippen molar-refractivity contribution in [2.45, 2.75) is 18.9 Å². The molecule has 2 aromatic carbocycles. The van der Waals surface area contributed by atoms with E-state index >= 15 is 0 Å². The van der Waals surface area contributed by atoms with Gasteiger partial charge < -0.3 is 25.0 Å². The van der Waals surface area contributed by atoms with E-state index in [1.807, 2.05) is 18.2 Å². The highest BCUT2D eigenvalue weighted by Gasteiger charge is 2.24. The molecule has 3 rings (SSSR count). The van der Waals surface area contributed by atoms with Crippen molar-refractivity contribution in [2.24, 2.45) is 0 Å². The Morgan fingerprint density at radius 2 is 1.82 bits per heavy atom. The monoisotopic (exact) mass is 423 g/mol. The highest BCUT2D eigenvalue weighted by atomic mass is 35.5. The number of likely N-dealkylation sites (tertiary alicyclic amines) is 1. The van der Waals surface area contributed by atoms with Crippen LogP contribution in [0.15, 0.2) is 36.4 Å². The maximum absolute atomic E-state index is 12.7. The SMILES string of the molecule is COc1cc(NC2CCCN(C(=O)Nc3cc(Cl)ccc3Cl)C2)cc(OC)c1. The zero-order valence-electron chi connectivity index (χ0n) is 15.8. The van der Waals surface area contributed by atoms with E-state index < -0.39 is 0 Å². The summed E-state index contributed by atoms with van der Waals surface area (Å²) in [6.45, 7) is 1.26. The summed E-state index contributed by atoms with van der Waals surface area (Å²) in [5, 5.41) is 7.29. The number of nitrogens with zero attached hydrogens (tertiary/aromatic N) is 1. The van der Waals surface area contributed by atoms with Crippen molar-refractivity contribution in [3.05, 3.63) is 46.4 Å². The predicted octanol–water partition coefficient (Wildman–Crippen LogP) is 5.12. The van der Waals surface area contributed by atoms with Gasteiger partial charge in [0.2, 0.25) is 0 Å². The first-order valence-electron chi connectivity index (χ1n) is 8.99. The fourth-order valence-electron chi connectivity index (χ4n) is 3.19. The average molecular weight is 424 g/mol. The number of urea groups is 1. The molecule has 8 heteroatoms. The molecule has 2 amide bonds. The van der Waals surface area contributed by atoms with Crippen LogP contribution in [0.3, 0.4) is 0 Å². The van der Waals surface area contributed by atoms with Gasteiger partial charge in [-0.05, 0) is 31.0 Å². The zero-order chi connectivity index (χ0) is 20.1. The average Bonchev–Trinajstić information content (AvgIpc) is 2.70. The molecule has 0 spiro atoms. The van der Waals surface area contributed by atoms with Crippen LogP contribution in [0.1, 0.15) is 12.8 Å². The summed E-state index contributed by atoms with van der Waals surface area (Å²) in [7, 11) is 3.23. The lowest BCUT2D eigenvalue weighted by molar-refractivity contribution is 0.196. The number of anilines is 2. The quantitative estimate of drug-likeness (QED) is 0.700. The van der Waals surface area contributed by atoms with Crippen molar-refractivity contribution >= 4 is 40.6 Å². The molecule has 1 aliphatic rings. The summed E-state index contributed by atoms with van der Waals surface area (Å²) in [4.78, 5) is 14.4. The van der Waals surface area contributed by atoms with E-state index in [4.69, 9.17) is 32.7 Å². The molecule has 0 radical (unpaired) electrons. The number of amides is 2. The van der Waals surface area contributed by atoms with Crippen LogP contribution in [0, 0.1) is 0 Å². The molecule has 1 unspecified atom stereocenters. The van der Waals surface area contributed by atoms with E-state index in [9.17, 15) is 4.79 Å². The normalized spacial score (nSPS) is 16.4. The van der Waals surface area contributed by atoms with Gasteiger partial charge >= 0.3 is 6.03 Å². The van der Waals surface area contributed by atoms with Gasteiger partial charge in [0.05, 0.1) is 24.9 Å². The van der Waals surface area contributed by atoms with Gasteiger partial charge in [0.1, 0.15) is 11.5 Å². The van der Waals surface area contributed by atoms with Crippen molar-refractivity contribution in [3.63, 3.8) is 0 Å². The number of benzene rings is 2. The molecular formula is C20H23Cl2N3O3. The Kier molecular flexibility index (Phi) is 6.75. The largest absolute Gasteiger partial charge is 0.497 e. The van der Waals surface area contributed by atoms with Crippen LogP contribution in [0.25, 0.3) is 0 Å². The molecule has 0 aliphatic carbocycles. The lowest BCUT2D eigenvalue weighted by Crippen LogP contribution is -2.46. The summed E-state index contributed by atoms with van der Waals surface area (Å²) >= 11 is 12.1. The molecule has 1 saturated heterocycles. The van der Waals surface area contributed by atoms with Crippen molar-refractivity contribution in [3.8, 4) is 11.5 Å². The molecule has 2 aromatic rings. The van der Waals surface area contributed by atoms with E-state index in [1.54, 1.807) is 37.3 Å². The number of carbonyl (C=O) groups is 1. The maximum Gasteiger partial charge on any atom is 0.321 e.